The fraction of sp³-hybridized carbons (Fsp3) is 0. The maximum absolute atomic E-state index is 5.49. The number of para-hydroxylation sites is 1. The van der Waals surface area contributed by atoms with Crippen molar-refractivity contribution in [1.29, 1.82) is 0 Å². The summed E-state index contributed by atoms with van der Waals surface area (Å²) in [6, 6.07) is 82.6. The number of fused-ring (bicyclic) bond motifs is 12. The van der Waals surface area contributed by atoms with Gasteiger partial charge in [-0.2, -0.15) is 0 Å². The average molecular weight is 784 g/mol. The summed E-state index contributed by atoms with van der Waals surface area (Å²) in [5.74, 6) is 0. The molecule has 13 aromatic rings. The van der Waals surface area contributed by atoms with Gasteiger partial charge in [0, 0.05) is 21.7 Å². The first kappa shape index (κ1) is 34.7. The second-order valence-corrected chi connectivity index (χ2v) is 16.6. The molecule has 0 atom stereocenters. The van der Waals surface area contributed by atoms with E-state index in [1.54, 1.807) is 0 Å². The molecule has 0 spiro atoms. The Hall–Kier alpha value is -8.13. The van der Waals surface area contributed by atoms with Gasteiger partial charge in [-0.05, 0) is 128 Å². The minimum Gasteiger partial charge on any atom is -0.247 e. The molecule has 12 aromatic carbocycles. The number of rotatable bonds is 4. The van der Waals surface area contributed by atoms with E-state index in [1.165, 1.54) is 109 Å². The predicted octanol–water partition coefficient (Wildman–Crippen LogP) is 17.0. The Morgan fingerprint density at radius 1 is 0.226 bits per heavy atom. The van der Waals surface area contributed by atoms with Gasteiger partial charge in [0.15, 0.2) is 0 Å². The first-order chi connectivity index (χ1) is 30.7. The summed E-state index contributed by atoms with van der Waals surface area (Å²) < 4.78 is 0. The molecule has 1 nitrogen and oxygen atoms in total. The van der Waals surface area contributed by atoms with Gasteiger partial charge in [-0.1, -0.05) is 194 Å². The van der Waals surface area contributed by atoms with Gasteiger partial charge in [-0.25, -0.2) is 4.98 Å². The second kappa shape index (κ2) is 13.7. The Morgan fingerprint density at radius 3 is 1.32 bits per heavy atom. The van der Waals surface area contributed by atoms with Gasteiger partial charge < -0.3 is 0 Å². The predicted molar refractivity (Wildman–Crippen MR) is 266 cm³/mol. The first-order valence-electron chi connectivity index (χ1n) is 21.4. The van der Waals surface area contributed by atoms with Crippen LogP contribution in [0.15, 0.2) is 224 Å². The van der Waals surface area contributed by atoms with Crippen LogP contribution >= 0.6 is 0 Å². The van der Waals surface area contributed by atoms with E-state index >= 15 is 0 Å². The molecule has 62 heavy (non-hydrogen) atoms. The van der Waals surface area contributed by atoms with E-state index in [1.807, 2.05) is 0 Å². The quantitative estimate of drug-likeness (QED) is 0.128. The highest BCUT2D eigenvalue weighted by Crippen LogP contribution is 2.47. The van der Waals surface area contributed by atoms with Crippen LogP contribution in [0.3, 0.4) is 0 Å². The number of pyridine rings is 1. The van der Waals surface area contributed by atoms with Crippen molar-refractivity contribution in [2.24, 2.45) is 0 Å². The summed E-state index contributed by atoms with van der Waals surface area (Å²) in [5, 5.41) is 18.5. The Kier molecular flexibility index (Phi) is 7.67. The van der Waals surface area contributed by atoms with E-state index in [0.717, 1.165) is 22.3 Å². The lowest BCUT2D eigenvalue weighted by molar-refractivity contribution is 1.43. The van der Waals surface area contributed by atoms with Crippen molar-refractivity contribution in [3.8, 4) is 44.6 Å². The van der Waals surface area contributed by atoms with Crippen LogP contribution in [0.2, 0.25) is 0 Å². The molecule has 0 aliphatic rings. The van der Waals surface area contributed by atoms with Crippen LogP contribution in [0.25, 0.3) is 131 Å². The van der Waals surface area contributed by atoms with Crippen molar-refractivity contribution in [3.63, 3.8) is 0 Å². The molecule has 0 N–H and O–H groups in total. The molecular formula is C61H37N. The number of aromatic nitrogens is 1. The third kappa shape index (κ3) is 5.32. The zero-order valence-electron chi connectivity index (χ0n) is 33.8. The zero-order valence-corrected chi connectivity index (χ0v) is 33.8. The molecule has 0 saturated heterocycles. The first-order valence-corrected chi connectivity index (χ1v) is 21.4. The highest BCUT2D eigenvalue weighted by atomic mass is 14.7. The van der Waals surface area contributed by atoms with Crippen LogP contribution in [0.5, 0.6) is 0 Å². The smallest absolute Gasteiger partial charge is 0.0794 e. The van der Waals surface area contributed by atoms with Crippen molar-refractivity contribution in [3.05, 3.63) is 224 Å². The van der Waals surface area contributed by atoms with Gasteiger partial charge in [0.1, 0.15) is 0 Å². The summed E-state index contributed by atoms with van der Waals surface area (Å²) in [6.07, 6.45) is 0. The fourth-order valence-corrected chi connectivity index (χ4v) is 10.4. The van der Waals surface area contributed by atoms with E-state index in [2.05, 4.69) is 224 Å². The van der Waals surface area contributed by atoms with Crippen molar-refractivity contribution in [2.45, 2.75) is 0 Å². The Labute approximate surface area is 358 Å². The van der Waals surface area contributed by atoms with E-state index in [0.29, 0.717) is 0 Å². The van der Waals surface area contributed by atoms with Crippen LogP contribution in [0, 0.1) is 0 Å². The largest absolute Gasteiger partial charge is 0.247 e. The minimum absolute atomic E-state index is 1.000. The molecule has 0 aliphatic carbocycles. The molecule has 0 bridgehead atoms. The van der Waals surface area contributed by atoms with Gasteiger partial charge in [0.25, 0.3) is 0 Å². The van der Waals surface area contributed by atoms with E-state index in [9.17, 15) is 0 Å². The highest BCUT2D eigenvalue weighted by Gasteiger charge is 2.20. The van der Waals surface area contributed by atoms with Crippen molar-refractivity contribution in [2.75, 3.05) is 0 Å². The summed E-state index contributed by atoms with van der Waals surface area (Å²) in [5.41, 5.74) is 10.4. The molecule has 0 saturated carbocycles. The maximum atomic E-state index is 5.49. The summed E-state index contributed by atoms with van der Waals surface area (Å²) >= 11 is 0. The third-order valence-electron chi connectivity index (χ3n) is 13.1. The third-order valence-corrected chi connectivity index (χ3v) is 13.1. The van der Waals surface area contributed by atoms with Crippen LogP contribution in [0.1, 0.15) is 0 Å². The van der Waals surface area contributed by atoms with Crippen LogP contribution < -0.4 is 0 Å². The zero-order chi connectivity index (χ0) is 40.7. The van der Waals surface area contributed by atoms with Crippen molar-refractivity contribution in [1.82, 2.24) is 4.98 Å². The molecule has 0 unspecified atom stereocenters. The fourth-order valence-electron chi connectivity index (χ4n) is 10.4. The van der Waals surface area contributed by atoms with Crippen LogP contribution in [0.4, 0.5) is 0 Å². The number of hydrogen-bond acceptors (Lipinski definition) is 1. The molecule has 1 heteroatoms. The second-order valence-electron chi connectivity index (χ2n) is 16.6. The van der Waals surface area contributed by atoms with Crippen molar-refractivity contribution < 1.29 is 0 Å². The van der Waals surface area contributed by atoms with Crippen LogP contribution in [-0.2, 0) is 0 Å². The average Bonchev–Trinajstić information content (AvgIpc) is 3.34. The van der Waals surface area contributed by atoms with Crippen LogP contribution in [-0.4, -0.2) is 4.98 Å². The summed E-state index contributed by atoms with van der Waals surface area (Å²) in [4.78, 5) is 5.49. The molecule has 0 fully saturated rings. The lowest BCUT2D eigenvalue weighted by Crippen LogP contribution is -1.94. The standard InChI is InChI=1S/C61H37N/c1-3-16-40-34-44(30-28-38(40)14-1)57-51-24-9-10-25-52(51)58(45-31-29-39-15-2-4-17-41(39)35-45)55-37-43(32-33-53(55)57)42-18-13-19-46(36-42)61-60-50-23-8-6-21-48(50)47-20-5-7-22-49(47)59(60)54-26-11-12-27-56(54)62-61/h1-37H. The highest BCUT2D eigenvalue weighted by molar-refractivity contribution is 6.33. The Morgan fingerprint density at radius 2 is 0.677 bits per heavy atom. The molecule has 1 aromatic heterocycles. The summed E-state index contributed by atoms with van der Waals surface area (Å²) in [6.45, 7) is 0. The van der Waals surface area contributed by atoms with Gasteiger partial charge in [0.05, 0.1) is 11.2 Å². The number of nitrogens with zero attached hydrogens (tertiary/aromatic N) is 1. The molecule has 13 rings (SSSR count). The lowest BCUT2D eigenvalue weighted by Gasteiger charge is -2.19. The monoisotopic (exact) mass is 783 g/mol. The van der Waals surface area contributed by atoms with Gasteiger partial charge in [0.2, 0.25) is 0 Å². The van der Waals surface area contributed by atoms with E-state index in [-0.39, 0.29) is 0 Å². The SMILES string of the molecule is c1cc(-c2ccc3c(-c4ccc5ccccc5c4)c4ccccc4c(-c4ccc5ccccc5c4)c3c2)cc(-c2nc3ccccc3c3c4ccccc4c4ccccc4c23)c1. The van der Waals surface area contributed by atoms with Gasteiger partial charge in [-0.3, -0.25) is 0 Å². The minimum atomic E-state index is 1.000. The Balaban J connectivity index is 1.09. The topological polar surface area (TPSA) is 12.9 Å². The lowest BCUT2D eigenvalue weighted by atomic mass is 9.84. The number of benzene rings is 12. The number of hydrogen-bond donors (Lipinski definition) is 0. The Bertz CT molecular complexity index is 3990. The molecule has 286 valence electrons. The van der Waals surface area contributed by atoms with E-state index < -0.39 is 0 Å². The van der Waals surface area contributed by atoms with Crippen molar-refractivity contribution >= 4 is 86.3 Å². The molecule has 1 heterocycles. The van der Waals surface area contributed by atoms with Gasteiger partial charge in [-0.15, -0.1) is 0 Å². The molecule has 0 radical (unpaired) electrons. The van der Waals surface area contributed by atoms with E-state index in [4.69, 9.17) is 4.98 Å². The van der Waals surface area contributed by atoms with Gasteiger partial charge >= 0.3 is 0 Å². The molecular weight excluding hydrogens is 747 g/mol. The molecule has 0 aliphatic heterocycles. The normalized spacial score (nSPS) is 11.9. The maximum Gasteiger partial charge on any atom is 0.0794 e. The molecule has 0 amide bonds. The summed E-state index contributed by atoms with van der Waals surface area (Å²) in [7, 11) is 0.